The van der Waals surface area contributed by atoms with Crippen LogP contribution in [0.3, 0.4) is 0 Å². The first kappa shape index (κ1) is 15.5. The molecule has 0 aromatic carbocycles. The van der Waals surface area contributed by atoms with Crippen molar-refractivity contribution in [3.05, 3.63) is 0 Å². The summed E-state index contributed by atoms with van der Waals surface area (Å²) in [5, 5.41) is 0. The Hall–Kier alpha value is -0.570. The zero-order valence-corrected chi connectivity index (χ0v) is 12.4. The molecule has 1 aliphatic rings. The fourth-order valence-electron chi connectivity index (χ4n) is 3.10. The Morgan fingerprint density at radius 2 is 1.89 bits per heavy atom. The van der Waals surface area contributed by atoms with Crippen molar-refractivity contribution in [3.8, 4) is 0 Å². The smallest absolute Gasteiger partial charge is 0.230 e. The molecule has 0 bridgehead atoms. The van der Waals surface area contributed by atoms with E-state index in [1.165, 1.54) is 12.8 Å². The van der Waals surface area contributed by atoms with Gasteiger partial charge in [0.15, 0.2) is 0 Å². The van der Waals surface area contributed by atoms with Gasteiger partial charge in [-0.15, -0.1) is 0 Å². The van der Waals surface area contributed by atoms with E-state index in [1.807, 2.05) is 0 Å². The van der Waals surface area contributed by atoms with Crippen LogP contribution in [0.15, 0.2) is 0 Å². The van der Waals surface area contributed by atoms with Crippen molar-refractivity contribution in [2.75, 3.05) is 13.1 Å². The molecule has 0 aromatic rings. The van der Waals surface area contributed by atoms with Gasteiger partial charge in [-0.25, -0.2) is 0 Å². The Balaban J connectivity index is 2.90. The van der Waals surface area contributed by atoms with Crippen molar-refractivity contribution in [2.24, 2.45) is 11.1 Å². The molecule has 1 heterocycles. The Bertz CT molecular complexity index is 253. The van der Waals surface area contributed by atoms with Crippen LogP contribution in [0.4, 0.5) is 0 Å². The summed E-state index contributed by atoms with van der Waals surface area (Å²) in [4.78, 5) is 15.0. The average molecular weight is 254 g/mol. The molecule has 1 aliphatic heterocycles. The van der Waals surface area contributed by atoms with E-state index in [9.17, 15) is 4.79 Å². The zero-order valence-electron chi connectivity index (χ0n) is 12.4. The van der Waals surface area contributed by atoms with Crippen LogP contribution < -0.4 is 5.73 Å². The van der Waals surface area contributed by atoms with Crippen molar-refractivity contribution < 1.29 is 4.79 Å². The van der Waals surface area contributed by atoms with Gasteiger partial charge in [0.2, 0.25) is 5.91 Å². The molecule has 1 amide bonds. The van der Waals surface area contributed by atoms with E-state index in [1.54, 1.807) is 0 Å². The minimum absolute atomic E-state index is 0.309. The number of nitrogens with two attached hydrogens (primary N) is 1. The van der Waals surface area contributed by atoms with E-state index >= 15 is 0 Å². The van der Waals surface area contributed by atoms with Crippen LogP contribution in [0.25, 0.3) is 0 Å². The molecule has 3 nitrogen and oxygen atoms in total. The van der Waals surface area contributed by atoms with Crippen molar-refractivity contribution in [3.63, 3.8) is 0 Å². The van der Waals surface area contributed by atoms with Gasteiger partial charge in [0, 0.05) is 19.1 Å². The van der Waals surface area contributed by atoms with Gasteiger partial charge in [0.05, 0.1) is 5.41 Å². The lowest BCUT2D eigenvalue weighted by Gasteiger charge is -2.38. The predicted molar refractivity (Wildman–Crippen MR) is 76.3 cm³/mol. The van der Waals surface area contributed by atoms with Crippen LogP contribution in [0.2, 0.25) is 0 Å². The van der Waals surface area contributed by atoms with Gasteiger partial charge in [0.25, 0.3) is 0 Å². The molecule has 3 heteroatoms. The lowest BCUT2D eigenvalue weighted by molar-refractivity contribution is -0.144. The number of carbonyl (C=O) groups is 1. The van der Waals surface area contributed by atoms with Crippen LogP contribution in [-0.2, 0) is 4.79 Å². The third-order valence-electron chi connectivity index (χ3n) is 4.81. The summed E-state index contributed by atoms with van der Waals surface area (Å²) in [5.74, 6) is 0.309. The number of amides is 1. The highest BCUT2D eigenvalue weighted by Gasteiger charge is 2.39. The molecule has 0 aromatic heterocycles. The molecule has 0 saturated carbocycles. The van der Waals surface area contributed by atoms with E-state index in [0.29, 0.717) is 18.5 Å². The number of nitrogens with zero attached hydrogens (tertiary/aromatic N) is 1. The maximum absolute atomic E-state index is 12.9. The fourth-order valence-corrected chi connectivity index (χ4v) is 3.10. The lowest BCUT2D eigenvalue weighted by atomic mass is 9.80. The highest BCUT2D eigenvalue weighted by Crippen LogP contribution is 2.31. The molecular formula is C15H30N2O. The normalized spacial score (nSPS) is 21.8. The lowest BCUT2D eigenvalue weighted by Crippen LogP contribution is -2.51. The molecule has 0 radical (unpaired) electrons. The van der Waals surface area contributed by atoms with Gasteiger partial charge in [0.1, 0.15) is 0 Å². The van der Waals surface area contributed by atoms with E-state index in [-0.39, 0.29) is 5.41 Å². The maximum Gasteiger partial charge on any atom is 0.230 e. The molecule has 106 valence electrons. The Kier molecular flexibility index (Phi) is 6.13. The first-order valence-corrected chi connectivity index (χ1v) is 7.66. The van der Waals surface area contributed by atoms with Gasteiger partial charge in [-0.3, -0.25) is 4.79 Å². The number of carbonyl (C=O) groups excluding carboxylic acids is 1. The standard InChI is InChI=1S/C15H30N2O/c1-4-13-10-8-7-9-11-17(13)14(18)15(5-2,6-3)12-16/h13H,4-12,16H2,1-3H3. The third kappa shape index (κ3) is 3.05. The molecule has 0 aliphatic carbocycles. The third-order valence-corrected chi connectivity index (χ3v) is 4.81. The molecule has 18 heavy (non-hydrogen) atoms. The average Bonchev–Trinajstić information content (AvgIpc) is 2.66. The molecular weight excluding hydrogens is 224 g/mol. The number of likely N-dealkylation sites (tertiary alicyclic amines) is 1. The fraction of sp³-hybridized carbons (Fsp3) is 0.933. The van der Waals surface area contributed by atoms with Crippen LogP contribution in [0.1, 0.15) is 65.7 Å². The summed E-state index contributed by atoms with van der Waals surface area (Å²) in [5.41, 5.74) is 5.59. The first-order valence-electron chi connectivity index (χ1n) is 7.66. The molecule has 1 unspecified atom stereocenters. The second-order valence-corrected chi connectivity index (χ2v) is 5.60. The first-order chi connectivity index (χ1) is 8.65. The van der Waals surface area contributed by atoms with Crippen molar-refractivity contribution >= 4 is 5.91 Å². The Morgan fingerprint density at radius 3 is 2.39 bits per heavy atom. The topological polar surface area (TPSA) is 46.3 Å². The largest absolute Gasteiger partial charge is 0.339 e. The van der Waals surface area contributed by atoms with Crippen molar-refractivity contribution in [2.45, 2.75) is 71.8 Å². The highest BCUT2D eigenvalue weighted by atomic mass is 16.2. The molecule has 1 rings (SSSR count). The van der Waals surface area contributed by atoms with Crippen molar-refractivity contribution in [1.29, 1.82) is 0 Å². The van der Waals surface area contributed by atoms with Crippen LogP contribution >= 0.6 is 0 Å². The Morgan fingerprint density at radius 1 is 1.22 bits per heavy atom. The molecule has 1 saturated heterocycles. The second kappa shape index (κ2) is 7.13. The number of rotatable bonds is 5. The van der Waals surface area contributed by atoms with Crippen LogP contribution in [0, 0.1) is 5.41 Å². The van der Waals surface area contributed by atoms with Gasteiger partial charge >= 0.3 is 0 Å². The Labute approximate surface area is 112 Å². The SMILES string of the molecule is CCC1CCCCCN1C(=O)C(CC)(CC)CN. The maximum atomic E-state index is 12.9. The van der Waals surface area contributed by atoms with E-state index in [4.69, 9.17) is 5.73 Å². The monoisotopic (exact) mass is 254 g/mol. The summed E-state index contributed by atoms with van der Waals surface area (Å²) in [6.07, 6.45) is 7.61. The molecule has 1 fully saturated rings. The summed E-state index contributed by atoms with van der Waals surface area (Å²) in [7, 11) is 0. The summed E-state index contributed by atoms with van der Waals surface area (Å²) >= 11 is 0. The number of hydrogen-bond acceptors (Lipinski definition) is 2. The second-order valence-electron chi connectivity index (χ2n) is 5.60. The number of hydrogen-bond donors (Lipinski definition) is 1. The van der Waals surface area contributed by atoms with Crippen molar-refractivity contribution in [1.82, 2.24) is 4.90 Å². The van der Waals surface area contributed by atoms with Gasteiger partial charge < -0.3 is 10.6 Å². The minimum Gasteiger partial charge on any atom is -0.339 e. The van der Waals surface area contributed by atoms with E-state index < -0.39 is 0 Å². The molecule has 0 spiro atoms. The summed E-state index contributed by atoms with van der Waals surface area (Å²) in [6.45, 7) is 7.78. The minimum atomic E-state index is -0.322. The van der Waals surface area contributed by atoms with Gasteiger partial charge in [-0.1, -0.05) is 33.6 Å². The van der Waals surface area contributed by atoms with Crippen LogP contribution in [-0.4, -0.2) is 29.9 Å². The summed E-state index contributed by atoms with van der Waals surface area (Å²) in [6, 6.07) is 0.434. The highest BCUT2D eigenvalue weighted by molar-refractivity contribution is 5.83. The zero-order chi connectivity index (χ0) is 13.6. The quantitative estimate of drug-likeness (QED) is 0.820. The summed E-state index contributed by atoms with van der Waals surface area (Å²) < 4.78 is 0. The predicted octanol–water partition coefficient (Wildman–Crippen LogP) is 2.93. The van der Waals surface area contributed by atoms with E-state index in [0.717, 1.165) is 38.6 Å². The van der Waals surface area contributed by atoms with Gasteiger partial charge in [-0.05, 0) is 32.1 Å². The van der Waals surface area contributed by atoms with E-state index in [2.05, 4.69) is 25.7 Å². The molecule has 2 N–H and O–H groups in total. The van der Waals surface area contributed by atoms with Crippen LogP contribution in [0.5, 0.6) is 0 Å². The van der Waals surface area contributed by atoms with Gasteiger partial charge in [-0.2, -0.15) is 0 Å². The molecule has 1 atom stereocenters.